The van der Waals surface area contributed by atoms with E-state index in [1.54, 1.807) is 11.9 Å². The van der Waals surface area contributed by atoms with Crippen LogP contribution in [0.4, 0.5) is 8.78 Å². The van der Waals surface area contributed by atoms with Crippen LogP contribution in [0.25, 0.3) is 0 Å². The Bertz CT molecular complexity index is 515. The molecular weight excluding hydrogens is 286 g/mol. The van der Waals surface area contributed by atoms with Gasteiger partial charge in [0.1, 0.15) is 0 Å². The van der Waals surface area contributed by atoms with Crippen LogP contribution in [0.5, 0.6) is 0 Å². The van der Waals surface area contributed by atoms with Crippen molar-refractivity contribution in [3.05, 3.63) is 35.4 Å². The molecule has 0 saturated carbocycles. The molecule has 3 nitrogen and oxygen atoms in total. The molecule has 1 saturated heterocycles. The molecule has 0 spiro atoms. The lowest BCUT2D eigenvalue weighted by atomic mass is 9.84. The third-order valence-electron chi connectivity index (χ3n) is 4.51. The first kappa shape index (κ1) is 16.9. The molecule has 0 aromatic heterocycles. The van der Waals surface area contributed by atoms with Crippen LogP contribution >= 0.6 is 0 Å². The number of carbonyl (C=O) groups is 1. The number of rotatable bonds is 5. The van der Waals surface area contributed by atoms with Crippen molar-refractivity contribution in [3.8, 4) is 0 Å². The molecule has 1 fully saturated rings. The highest BCUT2D eigenvalue weighted by atomic mass is 19.2. The second-order valence-corrected chi connectivity index (χ2v) is 6.27. The summed E-state index contributed by atoms with van der Waals surface area (Å²) < 4.78 is 26.1. The van der Waals surface area contributed by atoms with E-state index >= 15 is 0 Å². The van der Waals surface area contributed by atoms with Gasteiger partial charge < -0.3 is 10.2 Å². The SMILES string of the molecule is CC(CC(=O)N(C)Cc1ccc(F)c(F)c1)C1CCNCC1. The Morgan fingerprint density at radius 2 is 2.00 bits per heavy atom. The van der Waals surface area contributed by atoms with Crippen molar-refractivity contribution in [2.75, 3.05) is 20.1 Å². The van der Waals surface area contributed by atoms with E-state index in [4.69, 9.17) is 0 Å². The fraction of sp³-hybridized carbons (Fsp3) is 0.588. The second kappa shape index (κ2) is 7.68. The molecule has 1 aromatic carbocycles. The van der Waals surface area contributed by atoms with Crippen molar-refractivity contribution in [2.45, 2.75) is 32.7 Å². The first-order chi connectivity index (χ1) is 10.5. The number of carbonyl (C=O) groups excluding carboxylic acids is 1. The van der Waals surface area contributed by atoms with Gasteiger partial charge in [-0.1, -0.05) is 13.0 Å². The Morgan fingerprint density at radius 3 is 2.64 bits per heavy atom. The highest BCUT2D eigenvalue weighted by molar-refractivity contribution is 5.76. The molecule has 0 radical (unpaired) electrons. The van der Waals surface area contributed by atoms with Crippen molar-refractivity contribution >= 4 is 5.91 Å². The summed E-state index contributed by atoms with van der Waals surface area (Å²) in [6.45, 7) is 4.47. The maximum absolute atomic E-state index is 13.2. The van der Waals surface area contributed by atoms with E-state index < -0.39 is 11.6 Å². The molecule has 1 heterocycles. The number of piperidine rings is 1. The van der Waals surface area contributed by atoms with E-state index in [0.717, 1.165) is 38.1 Å². The Labute approximate surface area is 130 Å². The number of benzene rings is 1. The second-order valence-electron chi connectivity index (χ2n) is 6.27. The summed E-state index contributed by atoms with van der Waals surface area (Å²) in [5.41, 5.74) is 0.601. The lowest BCUT2D eigenvalue weighted by Crippen LogP contribution is -2.34. The van der Waals surface area contributed by atoms with E-state index in [-0.39, 0.29) is 5.91 Å². The Kier molecular flexibility index (Phi) is 5.89. The summed E-state index contributed by atoms with van der Waals surface area (Å²) in [5.74, 6) is -0.752. The minimum atomic E-state index is -0.874. The maximum atomic E-state index is 13.2. The van der Waals surface area contributed by atoms with Gasteiger partial charge >= 0.3 is 0 Å². The molecule has 1 atom stereocenters. The Hall–Kier alpha value is -1.49. The molecule has 1 aromatic rings. The van der Waals surface area contributed by atoms with Crippen LogP contribution in [0.15, 0.2) is 18.2 Å². The fourth-order valence-electron chi connectivity index (χ4n) is 3.01. The summed E-state index contributed by atoms with van der Waals surface area (Å²) >= 11 is 0. The quantitative estimate of drug-likeness (QED) is 0.907. The van der Waals surface area contributed by atoms with Crippen molar-refractivity contribution in [3.63, 3.8) is 0 Å². The summed E-state index contributed by atoms with van der Waals surface area (Å²) in [5, 5.41) is 3.33. The highest BCUT2D eigenvalue weighted by Crippen LogP contribution is 2.25. The van der Waals surface area contributed by atoms with E-state index in [2.05, 4.69) is 12.2 Å². The molecule has 1 aliphatic heterocycles. The average Bonchev–Trinajstić information content (AvgIpc) is 2.51. The fourth-order valence-corrected chi connectivity index (χ4v) is 3.01. The largest absolute Gasteiger partial charge is 0.341 e. The number of halogens is 2. The third-order valence-corrected chi connectivity index (χ3v) is 4.51. The van der Waals surface area contributed by atoms with Crippen molar-refractivity contribution in [1.29, 1.82) is 0 Å². The third kappa shape index (κ3) is 4.50. The molecule has 22 heavy (non-hydrogen) atoms. The van der Waals surface area contributed by atoms with Crippen molar-refractivity contribution in [1.82, 2.24) is 10.2 Å². The van der Waals surface area contributed by atoms with Gasteiger partial charge in [-0.2, -0.15) is 0 Å². The van der Waals surface area contributed by atoms with Gasteiger partial charge in [0.15, 0.2) is 11.6 Å². The zero-order valence-electron chi connectivity index (χ0n) is 13.2. The Balaban J connectivity index is 1.86. The minimum absolute atomic E-state index is 0.0516. The minimum Gasteiger partial charge on any atom is -0.341 e. The molecule has 1 amide bonds. The number of nitrogens with zero attached hydrogens (tertiary/aromatic N) is 1. The average molecular weight is 310 g/mol. The molecule has 2 rings (SSSR count). The zero-order valence-corrected chi connectivity index (χ0v) is 13.2. The molecule has 1 aliphatic rings. The first-order valence-electron chi connectivity index (χ1n) is 7.86. The van der Waals surface area contributed by atoms with Gasteiger partial charge in [0.2, 0.25) is 5.91 Å². The number of amides is 1. The summed E-state index contributed by atoms with van der Waals surface area (Å²) in [4.78, 5) is 13.9. The smallest absolute Gasteiger partial charge is 0.222 e. The van der Waals surface area contributed by atoms with Crippen molar-refractivity contribution < 1.29 is 13.6 Å². The molecule has 1 N–H and O–H groups in total. The lowest BCUT2D eigenvalue weighted by molar-refractivity contribution is -0.131. The number of hydrogen-bond donors (Lipinski definition) is 1. The van der Waals surface area contributed by atoms with E-state index in [1.807, 2.05) is 0 Å². The van der Waals surface area contributed by atoms with Crippen molar-refractivity contribution in [2.24, 2.45) is 11.8 Å². The van der Waals surface area contributed by atoms with Crippen LogP contribution in [-0.2, 0) is 11.3 Å². The predicted octanol–water partition coefficient (Wildman–Crippen LogP) is 2.95. The van der Waals surface area contributed by atoms with E-state index in [1.165, 1.54) is 6.07 Å². The molecule has 122 valence electrons. The van der Waals surface area contributed by atoms with E-state index in [0.29, 0.717) is 30.4 Å². The monoisotopic (exact) mass is 310 g/mol. The normalized spacial score (nSPS) is 17.3. The number of hydrogen-bond acceptors (Lipinski definition) is 2. The van der Waals surface area contributed by atoms with Gasteiger partial charge in [-0.3, -0.25) is 4.79 Å². The standard InChI is InChI=1S/C17H24F2N2O/c1-12(14-5-7-20-8-6-14)9-17(22)21(2)11-13-3-4-15(18)16(19)10-13/h3-4,10,12,14,20H,5-9,11H2,1-2H3. The van der Waals surface area contributed by atoms with Gasteiger partial charge in [-0.25, -0.2) is 8.78 Å². The highest BCUT2D eigenvalue weighted by Gasteiger charge is 2.23. The van der Waals surface area contributed by atoms with Crippen LogP contribution < -0.4 is 5.32 Å². The van der Waals surface area contributed by atoms with Crippen LogP contribution in [0.1, 0.15) is 31.7 Å². The molecular formula is C17H24F2N2O. The van der Waals surface area contributed by atoms with Crippen LogP contribution in [-0.4, -0.2) is 30.9 Å². The lowest BCUT2D eigenvalue weighted by Gasteiger charge is -2.29. The molecule has 1 unspecified atom stereocenters. The predicted molar refractivity (Wildman–Crippen MR) is 82.2 cm³/mol. The number of nitrogens with one attached hydrogen (secondary N) is 1. The van der Waals surface area contributed by atoms with Gasteiger partial charge in [0.05, 0.1) is 0 Å². The van der Waals surface area contributed by atoms with Crippen LogP contribution in [0.2, 0.25) is 0 Å². The van der Waals surface area contributed by atoms with Crippen LogP contribution in [0.3, 0.4) is 0 Å². The van der Waals surface area contributed by atoms with Gasteiger partial charge in [0.25, 0.3) is 0 Å². The zero-order chi connectivity index (χ0) is 16.1. The maximum Gasteiger partial charge on any atom is 0.222 e. The summed E-state index contributed by atoms with van der Waals surface area (Å²) in [6, 6.07) is 3.76. The molecule has 0 aliphatic carbocycles. The first-order valence-corrected chi connectivity index (χ1v) is 7.86. The van der Waals surface area contributed by atoms with Crippen LogP contribution in [0, 0.1) is 23.5 Å². The van der Waals surface area contributed by atoms with E-state index in [9.17, 15) is 13.6 Å². The Morgan fingerprint density at radius 1 is 1.32 bits per heavy atom. The summed E-state index contributed by atoms with van der Waals surface area (Å²) in [7, 11) is 1.71. The topological polar surface area (TPSA) is 32.3 Å². The van der Waals surface area contributed by atoms with Gasteiger partial charge in [-0.05, 0) is 55.5 Å². The van der Waals surface area contributed by atoms with Gasteiger partial charge in [-0.15, -0.1) is 0 Å². The molecule has 0 bridgehead atoms. The molecule has 5 heteroatoms. The van der Waals surface area contributed by atoms with Gasteiger partial charge in [0, 0.05) is 20.0 Å². The summed E-state index contributed by atoms with van der Waals surface area (Å²) in [6.07, 6.45) is 2.73.